The van der Waals surface area contributed by atoms with Gasteiger partial charge >= 0.3 is 6.01 Å². The molecule has 112 valence electrons. The van der Waals surface area contributed by atoms with Crippen molar-refractivity contribution in [2.24, 2.45) is 0 Å². The van der Waals surface area contributed by atoms with Crippen molar-refractivity contribution >= 4 is 17.5 Å². The Labute approximate surface area is 129 Å². The molecule has 0 spiro atoms. The Hall–Kier alpha value is -1.95. The molecule has 0 aliphatic heterocycles. The predicted octanol–water partition coefficient (Wildman–Crippen LogP) is 2.75. The quantitative estimate of drug-likeness (QED) is 0.756. The second-order valence-electron chi connectivity index (χ2n) is 4.44. The Morgan fingerprint density at radius 2 is 2.00 bits per heavy atom. The third kappa shape index (κ3) is 5.51. The van der Waals surface area contributed by atoms with Crippen LogP contribution in [-0.2, 0) is 6.42 Å². The van der Waals surface area contributed by atoms with Gasteiger partial charge in [0.2, 0.25) is 11.2 Å². The SMILES string of the molecule is CCCNc1nc(Cl)nc(OCCCc2ccncc2)n1. The topological polar surface area (TPSA) is 72.8 Å². The van der Waals surface area contributed by atoms with Crippen molar-refractivity contribution in [3.8, 4) is 6.01 Å². The fourth-order valence-corrected chi connectivity index (χ4v) is 1.85. The van der Waals surface area contributed by atoms with Gasteiger partial charge in [0, 0.05) is 18.9 Å². The van der Waals surface area contributed by atoms with Gasteiger partial charge in [-0.2, -0.15) is 15.0 Å². The van der Waals surface area contributed by atoms with Crippen LogP contribution in [-0.4, -0.2) is 33.1 Å². The number of hydrogen-bond acceptors (Lipinski definition) is 6. The Morgan fingerprint density at radius 1 is 1.19 bits per heavy atom. The Morgan fingerprint density at radius 3 is 2.76 bits per heavy atom. The van der Waals surface area contributed by atoms with Crippen LogP contribution in [0, 0.1) is 0 Å². The molecule has 7 heteroatoms. The normalized spacial score (nSPS) is 10.4. The predicted molar refractivity (Wildman–Crippen MR) is 81.7 cm³/mol. The van der Waals surface area contributed by atoms with Crippen LogP contribution in [0.4, 0.5) is 5.95 Å². The number of anilines is 1. The molecule has 2 heterocycles. The fraction of sp³-hybridized carbons (Fsp3) is 0.429. The van der Waals surface area contributed by atoms with Crippen LogP contribution >= 0.6 is 11.6 Å². The zero-order chi connectivity index (χ0) is 14.9. The number of ether oxygens (including phenoxy) is 1. The lowest BCUT2D eigenvalue weighted by Crippen LogP contribution is -2.08. The molecule has 0 amide bonds. The first-order chi connectivity index (χ1) is 10.3. The lowest BCUT2D eigenvalue weighted by molar-refractivity contribution is 0.286. The Balaban J connectivity index is 1.81. The number of rotatable bonds is 8. The van der Waals surface area contributed by atoms with Gasteiger partial charge in [-0.3, -0.25) is 4.98 Å². The average Bonchev–Trinajstić information content (AvgIpc) is 2.50. The third-order valence-electron chi connectivity index (χ3n) is 2.71. The first kappa shape index (κ1) is 15.4. The maximum Gasteiger partial charge on any atom is 0.322 e. The highest BCUT2D eigenvalue weighted by Crippen LogP contribution is 2.12. The molecule has 0 aromatic carbocycles. The van der Waals surface area contributed by atoms with Crippen molar-refractivity contribution in [3.63, 3.8) is 0 Å². The third-order valence-corrected chi connectivity index (χ3v) is 2.88. The number of aromatic nitrogens is 4. The summed E-state index contributed by atoms with van der Waals surface area (Å²) in [6.45, 7) is 3.37. The van der Waals surface area contributed by atoms with Crippen LogP contribution in [0.1, 0.15) is 25.3 Å². The summed E-state index contributed by atoms with van der Waals surface area (Å²) >= 11 is 5.85. The van der Waals surface area contributed by atoms with Crippen molar-refractivity contribution in [1.29, 1.82) is 0 Å². The highest BCUT2D eigenvalue weighted by molar-refractivity contribution is 6.28. The zero-order valence-electron chi connectivity index (χ0n) is 11.9. The van der Waals surface area contributed by atoms with E-state index in [9.17, 15) is 0 Å². The molecule has 6 nitrogen and oxygen atoms in total. The monoisotopic (exact) mass is 307 g/mol. The molecule has 0 aliphatic rings. The number of aryl methyl sites for hydroxylation is 1. The van der Waals surface area contributed by atoms with Crippen LogP contribution in [0.25, 0.3) is 0 Å². The molecule has 0 saturated heterocycles. The number of nitrogens with one attached hydrogen (secondary N) is 1. The first-order valence-electron chi connectivity index (χ1n) is 6.95. The number of hydrogen-bond donors (Lipinski definition) is 1. The van der Waals surface area contributed by atoms with Gasteiger partial charge < -0.3 is 10.1 Å². The van der Waals surface area contributed by atoms with Crippen molar-refractivity contribution in [1.82, 2.24) is 19.9 Å². The Kier molecular flexibility index (Phi) is 6.15. The lowest BCUT2D eigenvalue weighted by Gasteiger charge is -2.07. The standard InChI is InChI=1S/C14H18ClN5O/c1-2-7-17-13-18-12(15)19-14(20-13)21-10-3-4-11-5-8-16-9-6-11/h5-6,8-9H,2-4,7,10H2,1H3,(H,17,18,19,20). The van der Waals surface area contributed by atoms with E-state index in [-0.39, 0.29) is 11.3 Å². The van der Waals surface area contributed by atoms with Gasteiger partial charge in [-0.25, -0.2) is 0 Å². The molecule has 0 radical (unpaired) electrons. The summed E-state index contributed by atoms with van der Waals surface area (Å²) < 4.78 is 5.53. The van der Waals surface area contributed by atoms with Crippen molar-refractivity contribution < 1.29 is 4.74 Å². The summed E-state index contributed by atoms with van der Waals surface area (Å²) in [6.07, 6.45) is 6.33. The molecule has 0 unspecified atom stereocenters. The minimum Gasteiger partial charge on any atom is -0.463 e. The van der Waals surface area contributed by atoms with E-state index >= 15 is 0 Å². The van der Waals surface area contributed by atoms with Gasteiger partial charge in [0.25, 0.3) is 0 Å². The lowest BCUT2D eigenvalue weighted by atomic mass is 10.1. The van der Waals surface area contributed by atoms with Crippen LogP contribution in [0.2, 0.25) is 5.28 Å². The van der Waals surface area contributed by atoms with E-state index in [2.05, 4.69) is 32.2 Å². The van der Waals surface area contributed by atoms with Crippen molar-refractivity contribution in [2.45, 2.75) is 26.2 Å². The zero-order valence-corrected chi connectivity index (χ0v) is 12.7. The first-order valence-corrected chi connectivity index (χ1v) is 7.33. The van der Waals surface area contributed by atoms with Crippen LogP contribution in [0.3, 0.4) is 0 Å². The van der Waals surface area contributed by atoms with E-state index in [0.29, 0.717) is 12.6 Å². The van der Waals surface area contributed by atoms with Gasteiger partial charge in [0.1, 0.15) is 0 Å². The average molecular weight is 308 g/mol. The summed E-state index contributed by atoms with van der Waals surface area (Å²) in [7, 11) is 0. The van der Waals surface area contributed by atoms with Crippen LogP contribution < -0.4 is 10.1 Å². The van der Waals surface area contributed by atoms with Gasteiger partial charge in [-0.05, 0) is 48.6 Å². The molecule has 0 aliphatic carbocycles. The van der Waals surface area contributed by atoms with Crippen LogP contribution in [0.15, 0.2) is 24.5 Å². The second kappa shape index (κ2) is 8.36. The smallest absolute Gasteiger partial charge is 0.322 e. The number of halogens is 1. The molecule has 21 heavy (non-hydrogen) atoms. The number of nitrogens with zero attached hydrogens (tertiary/aromatic N) is 4. The van der Waals surface area contributed by atoms with E-state index in [1.165, 1.54) is 5.56 Å². The molecule has 2 rings (SSSR count). The maximum atomic E-state index is 5.85. The fourth-order valence-electron chi connectivity index (χ4n) is 1.70. The van der Waals surface area contributed by atoms with Gasteiger partial charge in [0.15, 0.2) is 0 Å². The van der Waals surface area contributed by atoms with Gasteiger partial charge in [0.05, 0.1) is 6.61 Å². The second-order valence-corrected chi connectivity index (χ2v) is 4.78. The summed E-state index contributed by atoms with van der Waals surface area (Å²) in [5.41, 5.74) is 1.23. The van der Waals surface area contributed by atoms with Gasteiger partial charge in [-0.1, -0.05) is 6.92 Å². The summed E-state index contributed by atoms with van der Waals surface area (Å²) in [6, 6.07) is 4.24. The highest BCUT2D eigenvalue weighted by atomic mass is 35.5. The molecule has 0 bridgehead atoms. The van der Waals surface area contributed by atoms with E-state index in [1.807, 2.05) is 12.1 Å². The maximum absolute atomic E-state index is 5.85. The Bertz CT molecular complexity index is 552. The molecule has 2 aromatic heterocycles. The molecule has 0 saturated carbocycles. The minimum absolute atomic E-state index is 0.132. The van der Waals surface area contributed by atoms with Crippen molar-refractivity contribution in [3.05, 3.63) is 35.4 Å². The molecule has 0 atom stereocenters. The number of pyridine rings is 1. The molecule has 0 fully saturated rings. The molecule has 1 N–H and O–H groups in total. The van der Waals surface area contributed by atoms with Gasteiger partial charge in [-0.15, -0.1) is 0 Å². The summed E-state index contributed by atoms with van der Waals surface area (Å²) in [5, 5.41) is 3.19. The largest absolute Gasteiger partial charge is 0.463 e. The van der Waals surface area contributed by atoms with E-state index in [0.717, 1.165) is 25.8 Å². The summed E-state index contributed by atoms with van der Waals surface area (Å²) in [5.74, 6) is 0.445. The van der Waals surface area contributed by atoms with Crippen LogP contribution in [0.5, 0.6) is 6.01 Å². The van der Waals surface area contributed by atoms with E-state index in [1.54, 1.807) is 12.4 Å². The molecular formula is C14H18ClN5O. The molecular weight excluding hydrogens is 290 g/mol. The minimum atomic E-state index is 0.132. The van der Waals surface area contributed by atoms with E-state index < -0.39 is 0 Å². The van der Waals surface area contributed by atoms with E-state index in [4.69, 9.17) is 16.3 Å². The summed E-state index contributed by atoms with van der Waals surface area (Å²) in [4.78, 5) is 16.1. The highest BCUT2D eigenvalue weighted by Gasteiger charge is 2.05. The van der Waals surface area contributed by atoms with Crippen molar-refractivity contribution in [2.75, 3.05) is 18.5 Å². The molecule has 2 aromatic rings.